The molecule has 78 valence electrons. The highest BCUT2D eigenvalue weighted by Gasteiger charge is 2.07. The van der Waals surface area contributed by atoms with Gasteiger partial charge in [0.05, 0.1) is 18.6 Å². The van der Waals surface area contributed by atoms with Crippen LogP contribution in [0.1, 0.15) is 11.1 Å². The van der Waals surface area contributed by atoms with Crippen molar-refractivity contribution in [3.63, 3.8) is 0 Å². The van der Waals surface area contributed by atoms with E-state index in [1.807, 2.05) is 36.4 Å². The average molecular weight is 202 g/mol. The number of benzene rings is 1. The van der Waals surface area contributed by atoms with Crippen molar-refractivity contribution in [2.24, 2.45) is 0 Å². The number of hydrogen-bond donors (Lipinski definition) is 1. The van der Waals surface area contributed by atoms with E-state index >= 15 is 0 Å². The molecule has 1 heterocycles. The van der Waals surface area contributed by atoms with Crippen molar-refractivity contribution < 1.29 is 9.52 Å². The standard InChI is InChI=1S/C13H14O2/c14-13(9-12-6-7-15-10-12)8-11-4-2-1-3-5-11/h1-7,10,13-14H,8-9H2. The van der Waals surface area contributed by atoms with Gasteiger partial charge in [0.1, 0.15) is 0 Å². The summed E-state index contributed by atoms with van der Waals surface area (Å²) in [5.41, 5.74) is 2.20. The van der Waals surface area contributed by atoms with Crippen molar-refractivity contribution in [3.05, 3.63) is 60.1 Å². The number of rotatable bonds is 4. The van der Waals surface area contributed by atoms with Crippen molar-refractivity contribution in [2.75, 3.05) is 0 Å². The summed E-state index contributed by atoms with van der Waals surface area (Å²) >= 11 is 0. The molecule has 0 saturated carbocycles. The van der Waals surface area contributed by atoms with Crippen molar-refractivity contribution in [1.82, 2.24) is 0 Å². The van der Waals surface area contributed by atoms with Crippen molar-refractivity contribution in [3.8, 4) is 0 Å². The Labute approximate surface area is 89.2 Å². The largest absolute Gasteiger partial charge is 0.472 e. The molecule has 15 heavy (non-hydrogen) atoms. The van der Waals surface area contributed by atoms with Gasteiger partial charge in [0.25, 0.3) is 0 Å². The summed E-state index contributed by atoms with van der Waals surface area (Å²) < 4.78 is 4.95. The van der Waals surface area contributed by atoms with Crippen LogP contribution in [-0.2, 0) is 12.8 Å². The number of hydrogen-bond acceptors (Lipinski definition) is 2. The fraction of sp³-hybridized carbons (Fsp3) is 0.231. The first-order valence-corrected chi connectivity index (χ1v) is 5.07. The molecule has 2 heteroatoms. The van der Waals surface area contributed by atoms with Crippen LogP contribution in [0.2, 0.25) is 0 Å². The van der Waals surface area contributed by atoms with Crippen LogP contribution in [-0.4, -0.2) is 11.2 Å². The molecule has 0 aliphatic carbocycles. The summed E-state index contributed by atoms with van der Waals surface area (Å²) in [5.74, 6) is 0. The maximum absolute atomic E-state index is 9.83. The van der Waals surface area contributed by atoms with E-state index < -0.39 is 0 Å². The third-order valence-corrected chi connectivity index (χ3v) is 2.37. The molecule has 1 aromatic carbocycles. The predicted octanol–water partition coefficient (Wildman–Crippen LogP) is 2.43. The Morgan fingerprint density at radius 1 is 1.00 bits per heavy atom. The summed E-state index contributed by atoms with van der Waals surface area (Å²) in [6.45, 7) is 0. The number of furan rings is 1. The summed E-state index contributed by atoms with van der Waals surface area (Å²) in [6.07, 6.45) is 4.29. The van der Waals surface area contributed by atoms with E-state index in [2.05, 4.69) is 0 Å². The first kappa shape index (κ1) is 9.99. The molecule has 0 bridgehead atoms. The Hall–Kier alpha value is -1.54. The Kier molecular flexibility index (Phi) is 3.20. The SMILES string of the molecule is OC(Cc1ccccc1)Cc1ccoc1. The highest BCUT2D eigenvalue weighted by atomic mass is 16.3. The minimum absolute atomic E-state index is 0.343. The molecule has 0 spiro atoms. The topological polar surface area (TPSA) is 33.4 Å². The first-order chi connectivity index (χ1) is 7.34. The van der Waals surface area contributed by atoms with Gasteiger partial charge < -0.3 is 9.52 Å². The van der Waals surface area contributed by atoms with E-state index in [-0.39, 0.29) is 6.10 Å². The molecule has 0 amide bonds. The zero-order valence-corrected chi connectivity index (χ0v) is 8.47. The molecule has 2 aromatic rings. The predicted molar refractivity (Wildman–Crippen MR) is 58.6 cm³/mol. The molecule has 1 atom stereocenters. The van der Waals surface area contributed by atoms with Gasteiger partial charge in [-0.2, -0.15) is 0 Å². The molecule has 2 rings (SSSR count). The van der Waals surface area contributed by atoms with Crippen molar-refractivity contribution >= 4 is 0 Å². The smallest absolute Gasteiger partial charge is 0.0935 e. The number of aliphatic hydroxyl groups is 1. The molecule has 1 unspecified atom stereocenters. The van der Waals surface area contributed by atoms with Gasteiger partial charge in [0, 0.05) is 6.42 Å². The second-order valence-corrected chi connectivity index (χ2v) is 3.68. The molecular formula is C13H14O2. The van der Waals surface area contributed by atoms with Crippen LogP contribution in [0.5, 0.6) is 0 Å². The summed E-state index contributed by atoms with van der Waals surface area (Å²) in [4.78, 5) is 0. The fourth-order valence-electron chi connectivity index (χ4n) is 1.64. The molecule has 0 saturated heterocycles. The average Bonchev–Trinajstić information content (AvgIpc) is 2.71. The molecule has 0 fully saturated rings. The van der Waals surface area contributed by atoms with Gasteiger partial charge in [0.15, 0.2) is 0 Å². The minimum atomic E-state index is -0.343. The Morgan fingerprint density at radius 2 is 1.73 bits per heavy atom. The molecule has 0 aliphatic heterocycles. The summed E-state index contributed by atoms with van der Waals surface area (Å²) in [7, 11) is 0. The van der Waals surface area contributed by atoms with E-state index in [4.69, 9.17) is 4.42 Å². The number of aliphatic hydroxyl groups excluding tert-OH is 1. The lowest BCUT2D eigenvalue weighted by Crippen LogP contribution is -2.13. The zero-order valence-electron chi connectivity index (χ0n) is 8.47. The third kappa shape index (κ3) is 2.96. The maximum atomic E-state index is 9.83. The summed E-state index contributed by atoms with van der Waals surface area (Å²) in [5, 5.41) is 9.83. The Balaban J connectivity index is 1.90. The highest BCUT2D eigenvalue weighted by Crippen LogP contribution is 2.09. The third-order valence-electron chi connectivity index (χ3n) is 2.37. The normalized spacial score (nSPS) is 12.6. The molecule has 0 radical (unpaired) electrons. The quantitative estimate of drug-likeness (QED) is 0.826. The monoisotopic (exact) mass is 202 g/mol. The zero-order chi connectivity index (χ0) is 10.5. The molecule has 1 N–H and O–H groups in total. The van der Waals surface area contributed by atoms with Crippen LogP contribution in [0.3, 0.4) is 0 Å². The van der Waals surface area contributed by atoms with E-state index in [1.54, 1.807) is 12.5 Å². The maximum Gasteiger partial charge on any atom is 0.0935 e. The fourth-order valence-corrected chi connectivity index (χ4v) is 1.64. The van der Waals surface area contributed by atoms with Crippen LogP contribution in [0.25, 0.3) is 0 Å². The van der Waals surface area contributed by atoms with Crippen LogP contribution in [0, 0.1) is 0 Å². The molecule has 1 aromatic heterocycles. The second-order valence-electron chi connectivity index (χ2n) is 3.68. The highest BCUT2D eigenvalue weighted by molar-refractivity contribution is 5.16. The lowest BCUT2D eigenvalue weighted by molar-refractivity contribution is 0.175. The molecule has 2 nitrogen and oxygen atoms in total. The van der Waals surface area contributed by atoms with E-state index in [1.165, 1.54) is 0 Å². The lowest BCUT2D eigenvalue weighted by atomic mass is 10.0. The van der Waals surface area contributed by atoms with Gasteiger partial charge in [-0.15, -0.1) is 0 Å². The van der Waals surface area contributed by atoms with Gasteiger partial charge in [0.2, 0.25) is 0 Å². The first-order valence-electron chi connectivity index (χ1n) is 5.07. The van der Waals surface area contributed by atoms with Crippen LogP contribution in [0.15, 0.2) is 53.3 Å². The van der Waals surface area contributed by atoms with Crippen LogP contribution in [0.4, 0.5) is 0 Å². The van der Waals surface area contributed by atoms with Gasteiger partial charge in [-0.05, 0) is 23.6 Å². The van der Waals surface area contributed by atoms with Gasteiger partial charge in [-0.25, -0.2) is 0 Å². The minimum Gasteiger partial charge on any atom is -0.472 e. The van der Waals surface area contributed by atoms with Gasteiger partial charge >= 0.3 is 0 Å². The Morgan fingerprint density at radius 3 is 2.40 bits per heavy atom. The van der Waals surface area contributed by atoms with Crippen LogP contribution >= 0.6 is 0 Å². The van der Waals surface area contributed by atoms with Crippen LogP contribution < -0.4 is 0 Å². The van der Waals surface area contributed by atoms with Gasteiger partial charge in [-0.3, -0.25) is 0 Å². The second kappa shape index (κ2) is 4.80. The summed E-state index contributed by atoms with van der Waals surface area (Å²) in [6, 6.07) is 11.9. The Bertz CT molecular complexity index is 378. The van der Waals surface area contributed by atoms with E-state index in [0.29, 0.717) is 12.8 Å². The van der Waals surface area contributed by atoms with Gasteiger partial charge in [-0.1, -0.05) is 30.3 Å². The van der Waals surface area contributed by atoms with E-state index in [0.717, 1.165) is 11.1 Å². The van der Waals surface area contributed by atoms with E-state index in [9.17, 15) is 5.11 Å². The molecular weight excluding hydrogens is 188 g/mol. The van der Waals surface area contributed by atoms with Crippen molar-refractivity contribution in [2.45, 2.75) is 18.9 Å². The molecule has 0 aliphatic rings. The van der Waals surface area contributed by atoms with Crippen molar-refractivity contribution in [1.29, 1.82) is 0 Å². The lowest BCUT2D eigenvalue weighted by Gasteiger charge is -2.08.